The van der Waals surface area contributed by atoms with Gasteiger partial charge in [-0.25, -0.2) is 0 Å². The summed E-state index contributed by atoms with van der Waals surface area (Å²) in [4.78, 5) is 14.1. The van der Waals surface area contributed by atoms with Crippen LogP contribution < -0.4 is 5.73 Å². The molecule has 108 valence electrons. The summed E-state index contributed by atoms with van der Waals surface area (Å²) in [6, 6.07) is 8.07. The van der Waals surface area contributed by atoms with Gasteiger partial charge >= 0.3 is 0 Å². The van der Waals surface area contributed by atoms with Crippen LogP contribution in [-0.2, 0) is 0 Å². The molecular weight excluding hydrogens is 268 g/mol. The molecule has 0 bridgehead atoms. The van der Waals surface area contributed by atoms with Gasteiger partial charge in [0, 0.05) is 29.9 Å². The van der Waals surface area contributed by atoms with E-state index in [-0.39, 0.29) is 11.9 Å². The summed E-state index contributed by atoms with van der Waals surface area (Å²) in [5, 5.41) is 3.18. The summed E-state index contributed by atoms with van der Waals surface area (Å²) >= 11 is 1.69. The lowest BCUT2D eigenvalue weighted by molar-refractivity contribution is 0.0789. The highest BCUT2D eigenvalue weighted by Gasteiger charge is 2.14. The van der Waals surface area contributed by atoms with Gasteiger partial charge in [0.25, 0.3) is 5.91 Å². The van der Waals surface area contributed by atoms with Gasteiger partial charge in [-0.3, -0.25) is 4.79 Å². The van der Waals surface area contributed by atoms with Crippen molar-refractivity contribution in [3.05, 3.63) is 35.2 Å². The number of nitrogens with two attached hydrogens (primary N) is 1. The number of carbonyl (C=O) groups is 1. The van der Waals surface area contributed by atoms with Gasteiger partial charge < -0.3 is 10.6 Å². The first kappa shape index (κ1) is 15.0. The molecule has 3 nitrogen and oxygen atoms in total. The van der Waals surface area contributed by atoms with E-state index < -0.39 is 0 Å². The summed E-state index contributed by atoms with van der Waals surface area (Å²) in [5.41, 5.74) is 6.77. The standard InChI is InChI=1S/C16H22N2OS/c1-11(2)14(17)6-8-18(3)16(19)13-4-5-15-12(10-13)7-9-20-15/h4-5,7,9-11,14H,6,8,17H2,1-3H3. The molecule has 0 aliphatic carbocycles. The van der Waals surface area contributed by atoms with Gasteiger partial charge in [0.2, 0.25) is 0 Å². The highest BCUT2D eigenvalue weighted by molar-refractivity contribution is 7.17. The predicted octanol–water partition coefficient (Wildman–Crippen LogP) is 3.35. The van der Waals surface area contributed by atoms with Crippen LogP contribution in [0.25, 0.3) is 10.1 Å². The zero-order valence-electron chi connectivity index (χ0n) is 12.3. The Morgan fingerprint density at radius 2 is 2.10 bits per heavy atom. The first-order valence-corrected chi connectivity index (χ1v) is 7.85. The van der Waals surface area contributed by atoms with Gasteiger partial charge in [-0.15, -0.1) is 11.3 Å². The third-order valence-electron chi connectivity index (χ3n) is 3.70. The Morgan fingerprint density at radius 3 is 2.80 bits per heavy atom. The Kier molecular flexibility index (Phi) is 4.78. The molecule has 0 aliphatic rings. The highest BCUT2D eigenvalue weighted by atomic mass is 32.1. The van der Waals surface area contributed by atoms with E-state index >= 15 is 0 Å². The maximum atomic E-state index is 12.4. The number of hydrogen-bond donors (Lipinski definition) is 1. The number of hydrogen-bond acceptors (Lipinski definition) is 3. The number of rotatable bonds is 5. The summed E-state index contributed by atoms with van der Waals surface area (Å²) in [6.45, 7) is 4.91. The molecule has 20 heavy (non-hydrogen) atoms. The summed E-state index contributed by atoms with van der Waals surface area (Å²) in [7, 11) is 1.84. The van der Waals surface area contributed by atoms with Crippen molar-refractivity contribution < 1.29 is 4.79 Å². The van der Waals surface area contributed by atoms with E-state index in [1.165, 1.54) is 4.70 Å². The second kappa shape index (κ2) is 6.37. The van der Waals surface area contributed by atoms with Crippen molar-refractivity contribution in [3.8, 4) is 0 Å². The van der Waals surface area contributed by atoms with Crippen LogP contribution in [0.2, 0.25) is 0 Å². The van der Waals surface area contributed by atoms with Crippen LogP contribution in [0.4, 0.5) is 0 Å². The van der Waals surface area contributed by atoms with Crippen LogP contribution in [0.5, 0.6) is 0 Å². The first-order valence-electron chi connectivity index (χ1n) is 6.97. The zero-order chi connectivity index (χ0) is 14.7. The summed E-state index contributed by atoms with van der Waals surface area (Å²) < 4.78 is 1.21. The minimum Gasteiger partial charge on any atom is -0.342 e. The van der Waals surface area contributed by atoms with E-state index in [0.717, 1.165) is 17.4 Å². The Morgan fingerprint density at radius 1 is 1.35 bits per heavy atom. The topological polar surface area (TPSA) is 46.3 Å². The van der Waals surface area contributed by atoms with Crippen molar-refractivity contribution in [2.75, 3.05) is 13.6 Å². The lowest BCUT2D eigenvalue weighted by atomic mass is 10.0. The third-order valence-corrected chi connectivity index (χ3v) is 4.60. The molecule has 1 atom stereocenters. The van der Waals surface area contributed by atoms with Crippen molar-refractivity contribution in [1.82, 2.24) is 4.90 Å². The van der Waals surface area contributed by atoms with E-state index in [2.05, 4.69) is 13.8 Å². The number of fused-ring (bicyclic) bond motifs is 1. The number of amides is 1. The van der Waals surface area contributed by atoms with Gasteiger partial charge in [0.15, 0.2) is 0 Å². The van der Waals surface area contributed by atoms with E-state index in [4.69, 9.17) is 5.73 Å². The van der Waals surface area contributed by atoms with E-state index in [9.17, 15) is 4.79 Å². The molecule has 2 N–H and O–H groups in total. The molecule has 1 aromatic carbocycles. The first-order chi connectivity index (χ1) is 9.49. The molecule has 1 amide bonds. The van der Waals surface area contributed by atoms with Crippen molar-refractivity contribution in [3.63, 3.8) is 0 Å². The fourth-order valence-electron chi connectivity index (χ4n) is 2.10. The zero-order valence-corrected chi connectivity index (χ0v) is 13.1. The maximum absolute atomic E-state index is 12.4. The lowest BCUT2D eigenvalue weighted by Crippen LogP contribution is -2.34. The number of benzene rings is 1. The quantitative estimate of drug-likeness (QED) is 0.918. The molecule has 0 radical (unpaired) electrons. The molecule has 1 unspecified atom stereocenters. The van der Waals surface area contributed by atoms with Gasteiger partial charge in [-0.05, 0) is 47.4 Å². The Bertz CT molecular complexity index is 591. The van der Waals surface area contributed by atoms with Crippen LogP contribution in [0.1, 0.15) is 30.6 Å². The lowest BCUT2D eigenvalue weighted by Gasteiger charge is -2.21. The molecule has 0 aliphatic heterocycles. The molecule has 1 heterocycles. The van der Waals surface area contributed by atoms with Gasteiger partial charge in [0.1, 0.15) is 0 Å². The van der Waals surface area contributed by atoms with Crippen LogP contribution in [0.15, 0.2) is 29.6 Å². The molecule has 2 rings (SSSR count). The summed E-state index contributed by atoms with van der Waals surface area (Å²) in [5.74, 6) is 0.509. The highest BCUT2D eigenvalue weighted by Crippen LogP contribution is 2.22. The van der Waals surface area contributed by atoms with Crippen LogP contribution in [0.3, 0.4) is 0 Å². The second-order valence-corrected chi connectivity index (χ2v) is 6.54. The molecule has 0 spiro atoms. The SMILES string of the molecule is CC(C)C(N)CCN(C)C(=O)c1ccc2sccc2c1. The number of carbonyl (C=O) groups excluding carboxylic acids is 1. The molecule has 0 saturated carbocycles. The molecule has 0 fully saturated rings. The minimum atomic E-state index is 0.0639. The predicted molar refractivity (Wildman–Crippen MR) is 86.2 cm³/mol. The number of nitrogens with zero attached hydrogens (tertiary/aromatic N) is 1. The normalized spacial score (nSPS) is 12.8. The monoisotopic (exact) mass is 290 g/mol. The molecule has 0 saturated heterocycles. The van der Waals surface area contributed by atoms with Crippen LogP contribution >= 0.6 is 11.3 Å². The Hall–Kier alpha value is -1.39. The average molecular weight is 290 g/mol. The van der Waals surface area contributed by atoms with Gasteiger partial charge in [-0.1, -0.05) is 13.8 Å². The fraction of sp³-hybridized carbons (Fsp3) is 0.438. The largest absolute Gasteiger partial charge is 0.342 e. The molecule has 1 aromatic heterocycles. The summed E-state index contributed by atoms with van der Waals surface area (Å²) in [6.07, 6.45) is 0.834. The minimum absolute atomic E-state index is 0.0639. The third kappa shape index (κ3) is 3.38. The smallest absolute Gasteiger partial charge is 0.253 e. The Balaban J connectivity index is 2.02. The average Bonchev–Trinajstić information content (AvgIpc) is 2.90. The fourth-order valence-corrected chi connectivity index (χ4v) is 2.87. The van der Waals surface area contributed by atoms with Crippen molar-refractivity contribution in [1.29, 1.82) is 0 Å². The van der Waals surface area contributed by atoms with Gasteiger partial charge in [-0.2, -0.15) is 0 Å². The molecule has 4 heteroatoms. The van der Waals surface area contributed by atoms with Crippen LogP contribution in [-0.4, -0.2) is 30.4 Å². The van der Waals surface area contributed by atoms with E-state index in [1.54, 1.807) is 16.2 Å². The van der Waals surface area contributed by atoms with Crippen molar-refractivity contribution in [2.45, 2.75) is 26.3 Å². The van der Waals surface area contributed by atoms with E-state index in [1.807, 2.05) is 36.7 Å². The van der Waals surface area contributed by atoms with Crippen LogP contribution in [0, 0.1) is 5.92 Å². The van der Waals surface area contributed by atoms with E-state index in [0.29, 0.717) is 12.5 Å². The maximum Gasteiger partial charge on any atom is 0.253 e. The van der Waals surface area contributed by atoms with Crippen molar-refractivity contribution in [2.24, 2.45) is 11.7 Å². The van der Waals surface area contributed by atoms with Gasteiger partial charge in [0.05, 0.1) is 0 Å². The second-order valence-electron chi connectivity index (χ2n) is 5.60. The number of thiophene rings is 1. The Labute approximate surface area is 124 Å². The molecular formula is C16H22N2OS. The van der Waals surface area contributed by atoms with Crippen molar-refractivity contribution >= 4 is 27.3 Å². The molecule has 2 aromatic rings.